The zero-order chi connectivity index (χ0) is 19.8. The van der Waals surface area contributed by atoms with Gasteiger partial charge in [-0.25, -0.2) is 4.39 Å². The summed E-state index contributed by atoms with van der Waals surface area (Å²) in [6.45, 7) is 3.46. The summed E-state index contributed by atoms with van der Waals surface area (Å²) in [7, 11) is 0. The first kappa shape index (κ1) is 24.3. The Labute approximate surface area is 156 Å². The van der Waals surface area contributed by atoms with Crippen molar-refractivity contribution in [3.05, 3.63) is 36.5 Å². The molecular weight excluding hydrogens is 335 g/mol. The lowest BCUT2D eigenvalue weighted by Gasteiger charge is -2.13. The van der Waals surface area contributed by atoms with E-state index in [0.717, 1.165) is 12.8 Å². The maximum atomic E-state index is 13.5. The molecule has 0 unspecified atom stereocenters. The average Bonchev–Trinajstić information content (AvgIpc) is 2.60. The van der Waals surface area contributed by atoms with E-state index in [9.17, 15) is 24.5 Å². The van der Waals surface area contributed by atoms with Crippen molar-refractivity contribution in [2.45, 2.75) is 76.9 Å². The number of aliphatic hydroxyl groups is 3. The predicted octanol–water partition coefficient (Wildman–Crippen LogP) is 3.03. The summed E-state index contributed by atoms with van der Waals surface area (Å²) in [6.07, 6.45) is 8.22. The Morgan fingerprint density at radius 1 is 1.08 bits per heavy atom. The van der Waals surface area contributed by atoms with Gasteiger partial charge in [-0.05, 0) is 32.3 Å². The summed E-state index contributed by atoms with van der Waals surface area (Å²) >= 11 is 0. The average molecular weight is 366 g/mol. The van der Waals surface area contributed by atoms with Crippen LogP contribution in [0.2, 0.25) is 0 Å². The lowest BCUT2D eigenvalue weighted by molar-refractivity contribution is -0.117. The van der Waals surface area contributed by atoms with E-state index in [1.165, 1.54) is 19.1 Å². The molecule has 0 aromatic heterocycles. The SMILES string of the molecule is CCCC[C@H](F)[C@@H](O)C#C\C=C/C=C/C=C/[C@@H](O)[C@@H](O)CCCC(C)=O. The highest BCUT2D eigenvalue weighted by molar-refractivity contribution is 5.75. The quantitative estimate of drug-likeness (QED) is 0.366. The molecule has 146 valence electrons. The zero-order valence-corrected chi connectivity index (χ0v) is 15.6. The Morgan fingerprint density at radius 3 is 2.42 bits per heavy atom. The summed E-state index contributed by atoms with van der Waals surface area (Å²) in [4.78, 5) is 10.8. The number of carbonyl (C=O) groups is 1. The second-order valence-corrected chi connectivity index (χ2v) is 6.17. The van der Waals surface area contributed by atoms with Crippen molar-refractivity contribution in [1.82, 2.24) is 0 Å². The number of allylic oxidation sites excluding steroid dienone is 5. The summed E-state index contributed by atoms with van der Waals surface area (Å²) in [5, 5.41) is 29.0. The van der Waals surface area contributed by atoms with Gasteiger partial charge in [-0.3, -0.25) is 0 Å². The standard InChI is InChI=1S/C21H31FO4/c1-3-4-13-18(22)19(24)14-9-7-5-6-8-10-15-20(25)21(26)16-11-12-17(2)23/h5-8,10,15,18-21,24-26H,3-4,11-13,16H2,1-2H3/b7-5-,8-6+,15-10+/t18-,19-,20+,21-/m0/s1. The van der Waals surface area contributed by atoms with Crippen LogP contribution in [0.25, 0.3) is 0 Å². The lowest BCUT2D eigenvalue weighted by Crippen LogP contribution is -2.23. The molecule has 0 aliphatic heterocycles. The Balaban J connectivity index is 4.14. The number of ketones is 1. The molecule has 0 fully saturated rings. The van der Waals surface area contributed by atoms with E-state index in [-0.39, 0.29) is 5.78 Å². The topological polar surface area (TPSA) is 77.8 Å². The highest BCUT2D eigenvalue weighted by Gasteiger charge is 2.14. The molecule has 0 radical (unpaired) electrons. The highest BCUT2D eigenvalue weighted by atomic mass is 19.1. The van der Waals surface area contributed by atoms with Crippen molar-refractivity contribution in [2.75, 3.05) is 0 Å². The van der Waals surface area contributed by atoms with Crippen molar-refractivity contribution < 1.29 is 24.5 Å². The Morgan fingerprint density at radius 2 is 1.77 bits per heavy atom. The van der Waals surface area contributed by atoms with Crippen LogP contribution in [0.1, 0.15) is 52.4 Å². The summed E-state index contributed by atoms with van der Waals surface area (Å²) in [6, 6.07) is 0. The molecule has 0 heterocycles. The van der Waals surface area contributed by atoms with Gasteiger partial charge in [0, 0.05) is 6.42 Å². The van der Waals surface area contributed by atoms with Crippen molar-refractivity contribution in [3.8, 4) is 11.8 Å². The molecule has 0 spiro atoms. The molecule has 26 heavy (non-hydrogen) atoms. The molecule has 0 bridgehead atoms. The van der Waals surface area contributed by atoms with Crippen LogP contribution in [0, 0.1) is 11.8 Å². The fourth-order valence-electron chi connectivity index (χ4n) is 2.05. The van der Waals surface area contributed by atoms with E-state index in [4.69, 9.17) is 0 Å². The first-order valence-electron chi connectivity index (χ1n) is 9.07. The maximum absolute atomic E-state index is 13.5. The number of hydrogen-bond acceptors (Lipinski definition) is 4. The summed E-state index contributed by atoms with van der Waals surface area (Å²) in [5.74, 6) is 5.08. The molecule has 4 atom stereocenters. The van der Waals surface area contributed by atoms with Gasteiger partial charge in [0.2, 0.25) is 0 Å². The van der Waals surface area contributed by atoms with Crippen molar-refractivity contribution in [2.24, 2.45) is 0 Å². The molecule has 0 aromatic rings. The highest BCUT2D eigenvalue weighted by Crippen LogP contribution is 2.08. The molecular formula is C21H31FO4. The number of Topliss-reactive ketones (excluding diaryl/α,β-unsaturated/α-hetero) is 1. The van der Waals surface area contributed by atoms with Crippen LogP contribution in [0.4, 0.5) is 4.39 Å². The Hall–Kier alpha value is -1.74. The van der Waals surface area contributed by atoms with Crippen LogP contribution in [0.15, 0.2) is 36.5 Å². The van der Waals surface area contributed by atoms with Gasteiger partial charge in [0.25, 0.3) is 0 Å². The van der Waals surface area contributed by atoms with E-state index >= 15 is 0 Å². The van der Waals surface area contributed by atoms with Gasteiger partial charge in [-0.2, -0.15) is 0 Å². The molecule has 0 saturated carbocycles. The van der Waals surface area contributed by atoms with E-state index in [1.54, 1.807) is 24.3 Å². The third-order valence-electron chi connectivity index (χ3n) is 3.65. The molecule has 0 aliphatic rings. The normalized spacial score (nSPS) is 16.5. The van der Waals surface area contributed by atoms with Crippen molar-refractivity contribution in [3.63, 3.8) is 0 Å². The fourth-order valence-corrected chi connectivity index (χ4v) is 2.05. The van der Waals surface area contributed by atoms with Crippen LogP contribution in [-0.4, -0.2) is 45.6 Å². The summed E-state index contributed by atoms with van der Waals surface area (Å²) in [5.41, 5.74) is 0. The van der Waals surface area contributed by atoms with Gasteiger partial charge in [-0.15, -0.1) is 0 Å². The van der Waals surface area contributed by atoms with Gasteiger partial charge >= 0.3 is 0 Å². The monoisotopic (exact) mass is 366 g/mol. The van der Waals surface area contributed by atoms with E-state index < -0.39 is 24.5 Å². The van der Waals surface area contributed by atoms with Crippen molar-refractivity contribution in [1.29, 1.82) is 0 Å². The van der Waals surface area contributed by atoms with Crippen LogP contribution in [0.5, 0.6) is 0 Å². The largest absolute Gasteiger partial charge is 0.390 e. The Bertz CT molecular complexity index is 528. The minimum atomic E-state index is -1.32. The van der Waals surface area contributed by atoms with Crippen LogP contribution >= 0.6 is 0 Å². The van der Waals surface area contributed by atoms with E-state index in [0.29, 0.717) is 25.7 Å². The zero-order valence-electron chi connectivity index (χ0n) is 15.6. The molecule has 0 rings (SSSR count). The number of hydrogen-bond donors (Lipinski definition) is 3. The number of rotatable bonds is 12. The van der Waals surface area contributed by atoms with Gasteiger partial charge in [0.1, 0.15) is 18.1 Å². The molecule has 4 nitrogen and oxygen atoms in total. The molecule has 0 amide bonds. The second-order valence-electron chi connectivity index (χ2n) is 6.17. The number of carbonyl (C=O) groups excluding carboxylic acids is 1. The van der Waals surface area contributed by atoms with E-state index in [1.807, 2.05) is 6.92 Å². The van der Waals surface area contributed by atoms with Gasteiger partial charge in [0.05, 0.1) is 12.2 Å². The third-order valence-corrected chi connectivity index (χ3v) is 3.65. The molecule has 0 aromatic carbocycles. The minimum absolute atomic E-state index is 0.0653. The number of halogens is 1. The molecule has 0 saturated heterocycles. The third kappa shape index (κ3) is 13.5. The second kappa shape index (κ2) is 15.5. The maximum Gasteiger partial charge on any atom is 0.146 e. The van der Waals surface area contributed by atoms with Crippen LogP contribution in [0.3, 0.4) is 0 Å². The summed E-state index contributed by atoms with van der Waals surface area (Å²) < 4.78 is 13.5. The smallest absolute Gasteiger partial charge is 0.146 e. The molecule has 0 aliphatic carbocycles. The van der Waals surface area contributed by atoms with Gasteiger partial charge in [0.15, 0.2) is 0 Å². The van der Waals surface area contributed by atoms with Crippen LogP contribution in [-0.2, 0) is 4.79 Å². The molecule has 3 N–H and O–H groups in total. The Kier molecular flexibility index (Phi) is 14.5. The number of alkyl halides is 1. The fraction of sp³-hybridized carbons (Fsp3) is 0.571. The van der Waals surface area contributed by atoms with Crippen LogP contribution < -0.4 is 0 Å². The van der Waals surface area contributed by atoms with E-state index in [2.05, 4.69) is 11.8 Å². The minimum Gasteiger partial charge on any atom is -0.390 e. The van der Waals surface area contributed by atoms with Crippen molar-refractivity contribution >= 4 is 5.78 Å². The predicted molar refractivity (Wildman–Crippen MR) is 102 cm³/mol. The molecule has 5 heteroatoms. The lowest BCUT2D eigenvalue weighted by atomic mass is 10.1. The number of aliphatic hydroxyl groups excluding tert-OH is 3. The number of unbranched alkanes of at least 4 members (excludes halogenated alkanes) is 1. The first-order chi connectivity index (χ1) is 12.4. The van der Waals surface area contributed by atoms with Gasteiger partial charge in [-0.1, -0.05) is 62.0 Å². The first-order valence-corrected chi connectivity index (χ1v) is 9.07. The van der Waals surface area contributed by atoms with Gasteiger partial charge < -0.3 is 20.1 Å².